The Kier molecular flexibility index (Phi) is 4.49. The van der Waals surface area contributed by atoms with Gasteiger partial charge in [-0.15, -0.1) is 0 Å². The Bertz CT molecular complexity index is 470. The number of halogens is 1. The Morgan fingerprint density at radius 3 is 2.33 bits per heavy atom. The number of alkyl halides is 1. The number of hydrogen-bond donors (Lipinski definition) is 0. The van der Waals surface area contributed by atoms with Crippen LogP contribution in [-0.2, 0) is 0 Å². The first-order valence-corrected chi connectivity index (χ1v) is 8.56. The van der Waals surface area contributed by atoms with Gasteiger partial charge in [-0.2, -0.15) is 0 Å². The summed E-state index contributed by atoms with van der Waals surface area (Å²) in [5, 5.41) is 0. The Morgan fingerprint density at radius 1 is 1.11 bits per heavy atom. The van der Waals surface area contributed by atoms with Crippen LogP contribution in [0.3, 0.4) is 0 Å². The normalized spacial score (nSPS) is 23.6. The van der Waals surface area contributed by atoms with E-state index in [1.165, 1.54) is 9.14 Å². The molecule has 1 nitrogen and oxygen atoms in total. The summed E-state index contributed by atoms with van der Waals surface area (Å²) >= 11 is 0.0192. The van der Waals surface area contributed by atoms with Crippen molar-refractivity contribution in [2.24, 2.45) is 5.92 Å². The van der Waals surface area contributed by atoms with Crippen molar-refractivity contribution in [1.29, 1.82) is 0 Å². The van der Waals surface area contributed by atoms with E-state index >= 15 is 0 Å². The van der Waals surface area contributed by atoms with E-state index in [1.54, 1.807) is 12.7 Å². The van der Waals surface area contributed by atoms with Crippen LogP contribution in [0.15, 0.2) is 47.6 Å². The summed E-state index contributed by atoms with van der Waals surface area (Å²) in [5.74, 6) is 1.62. The summed E-state index contributed by atoms with van der Waals surface area (Å²) in [6.45, 7) is 6.82. The third-order valence-corrected chi connectivity index (χ3v) is 7.40. The molecular formula is C16H20IO-. The Hall–Kier alpha value is -0.770. The summed E-state index contributed by atoms with van der Waals surface area (Å²) in [4.78, 5) is 0. The maximum absolute atomic E-state index is 5.21. The van der Waals surface area contributed by atoms with Gasteiger partial charge in [-0.25, -0.2) is 0 Å². The van der Waals surface area contributed by atoms with E-state index < -0.39 is 0 Å². The van der Waals surface area contributed by atoms with Crippen LogP contribution in [0, 0.1) is 9.49 Å². The third-order valence-electron chi connectivity index (χ3n) is 3.17. The molecule has 2 heteroatoms. The monoisotopic (exact) mass is 355 g/mol. The van der Waals surface area contributed by atoms with Gasteiger partial charge in [-0.05, 0) is 0 Å². The molecule has 0 aliphatic heterocycles. The maximum atomic E-state index is 5.21. The topological polar surface area (TPSA) is 9.23 Å². The Balaban J connectivity index is 2.11. The van der Waals surface area contributed by atoms with E-state index in [2.05, 4.69) is 57.2 Å². The van der Waals surface area contributed by atoms with Crippen molar-refractivity contribution < 1.29 is 25.9 Å². The quantitative estimate of drug-likeness (QED) is 0.578. The summed E-state index contributed by atoms with van der Waals surface area (Å²) in [5.41, 5.74) is 2.96. The van der Waals surface area contributed by atoms with E-state index in [-0.39, 0.29) is 21.2 Å². The molecule has 0 aromatic heterocycles. The number of rotatable bonds is 3. The van der Waals surface area contributed by atoms with Crippen LogP contribution in [0.5, 0.6) is 5.75 Å². The Morgan fingerprint density at radius 2 is 1.78 bits per heavy atom. The van der Waals surface area contributed by atoms with Crippen LogP contribution in [0.25, 0.3) is 0 Å². The molecule has 1 aromatic rings. The average Bonchev–Trinajstić information content (AvgIpc) is 2.34. The van der Waals surface area contributed by atoms with Gasteiger partial charge in [-0.1, -0.05) is 0 Å². The number of allylic oxidation sites excluding steroid dienone is 4. The molecule has 0 heterocycles. The molecule has 2 atom stereocenters. The Labute approximate surface area is 120 Å². The van der Waals surface area contributed by atoms with Gasteiger partial charge >= 0.3 is 121 Å². The summed E-state index contributed by atoms with van der Waals surface area (Å²) in [7, 11) is 1.72. The molecule has 0 amide bonds. The van der Waals surface area contributed by atoms with E-state index in [4.69, 9.17) is 4.74 Å². The molecule has 0 saturated heterocycles. The molecule has 1 aliphatic carbocycles. The van der Waals surface area contributed by atoms with Crippen molar-refractivity contribution in [3.8, 4) is 5.75 Å². The van der Waals surface area contributed by atoms with Gasteiger partial charge in [-0.3, -0.25) is 0 Å². The van der Waals surface area contributed by atoms with E-state index in [0.717, 1.165) is 9.67 Å². The van der Waals surface area contributed by atoms with Gasteiger partial charge in [0.15, 0.2) is 0 Å². The minimum absolute atomic E-state index is 0.0192. The second-order valence-electron chi connectivity index (χ2n) is 4.83. The summed E-state index contributed by atoms with van der Waals surface area (Å²) in [6.07, 6.45) is 4.74. The molecular weight excluding hydrogens is 335 g/mol. The molecule has 98 valence electrons. The zero-order valence-corrected chi connectivity index (χ0v) is 13.6. The van der Waals surface area contributed by atoms with Gasteiger partial charge in [0.05, 0.1) is 0 Å². The SMILES string of the molecule is COc1ccc([I-]C2C(C)=CC(C)=CC2C)cc1. The number of benzene rings is 1. The molecule has 0 bridgehead atoms. The number of hydrogen-bond acceptors (Lipinski definition) is 1. The summed E-state index contributed by atoms with van der Waals surface area (Å²) < 4.78 is 7.44. The average molecular weight is 355 g/mol. The van der Waals surface area contributed by atoms with E-state index in [0.29, 0.717) is 5.92 Å². The minimum atomic E-state index is 0.0192. The molecule has 0 fully saturated rings. The summed E-state index contributed by atoms with van der Waals surface area (Å²) in [6, 6.07) is 8.58. The van der Waals surface area contributed by atoms with Crippen molar-refractivity contribution >= 4 is 0 Å². The second kappa shape index (κ2) is 5.91. The zero-order valence-electron chi connectivity index (χ0n) is 11.4. The van der Waals surface area contributed by atoms with E-state index in [9.17, 15) is 0 Å². The molecule has 1 aromatic carbocycles. The zero-order chi connectivity index (χ0) is 13.1. The molecule has 2 unspecified atom stereocenters. The molecule has 0 saturated carbocycles. The first-order chi connectivity index (χ1) is 8.60. The van der Waals surface area contributed by atoms with Crippen LogP contribution < -0.4 is 25.9 Å². The van der Waals surface area contributed by atoms with Crippen molar-refractivity contribution in [3.05, 3.63) is 51.1 Å². The van der Waals surface area contributed by atoms with Gasteiger partial charge in [0.2, 0.25) is 0 Å². The molecule has 0 radical (unpaired) electrons. The fourth-order valence-electron chi connectivity index (χ4n) is 2.37. The van der Waals surface area contributed by atoms with Crippen LogP contribution in [-0.4, -0.2) is 11.0 Å². The fraction of sp³-hybridized carbons (Fsp3) is 0.375. The van der Waals surface area contributed by atoms with E-state index in [1.807, 2.05) is 0 Å². The van der Waals surface area contributed by atoms with Crippen molar-refractivity contribution in [3.63, 3.8) is 0 Å². The van der Waals surface area contributed by atoms with Gasteiger partial charge in [0, 0.05) is 0 Å². The van der Waals surface area contributed by atoms with Crippen molar-refractivity contribution in [1.82, 2.24) is 0 Å². The molecule has 2 rings (SSSR count). The van der Waals surface area contributed by atoms with Crippen molar-refractivity contribution in [2.75, 3.05) is 7.11 Å². The standard InChI is InChI=1S/C16H20IO/c1-11-9-12(2)16(13(3)10-11)17-14-5-7-15(18-4)8-6-14/h5-10,12,16H,1-4H3/q-1. The van der Waals surface area contributed by atoms with Gasteiger partial charge in [0.1, 0.15) is 0 Å². The predicted molar refractivity (Wildman–Crippen MR) is 72.2 cm³/mol. The molecule has 0 spiro atoms. The number of methoxy groups -OCH3 is 1. The number of ether oxygens (including phenoxy) is 1. The first-order valence-electron chi connectivity index (χ1n) is 6.24. The molecule has 1 aliphatic rings. The van der Waals surface area contributed by atoms with Crippen molar-refractivity contribution in [2.45, 2.75) is 24.7 Å². The first kappa shape index (κ1) is 13.7. The van der Waals surface area contributed by atoms with Crippen LogP contribution >= 0.6 is 0 Å². The van der Waals surface area contributed by atoms with Gasteiger partial charge < -0.3 is 0 Å². The van der Waals surface area contributed by atoms with Crippen LogP contribution in [0.2, 0.25) is 0 Å². The van der Waals surface area contributed by atoms with Crippen LogP contribution in [0.4, 0.5) is 0 Å². The third kappa shape index (κ3) is 3.16. The second-order valence-corrected chi connectivity index (χ2v) is 8.04. The van der Waals surface area contributed by atoms with Crippen LogP contribution in [0.1, 0.15) is 20.8 Å². The van der Waals surface area contributed by atoms with Gasteiger partial charge in [0.25, 0.3) is 0 Å². The predicted octanol–water partition coefficient (Wildman–Crippen LogP) is 0.865. The molecule has 18 heavy (non-hydrogen) atoms. The molecule has 0 N–H and O–H groups in total. The fourth-order valence-corrected chi connectivity index (χ4v) is 5.36.